The fourth-order valence-corrected chi connectivity index (χ4v) is 4.57. The monoisotopic (exact) mass is 580 g/mol. The highest BCUT2D eigenvalue weighted by atomic mass is 35.5. The zero-order valence-electron chi connectivity index (χ0n) is 22.1. The van der Waals surface area contributed by atoms with Crippen LogP contribution in [0.3, 0.4) is 0 Å². The number of ether oxygens (including phenoxy) is 4. The number of rotatable bonds is 9. The second-order valence-corrected chi connectivity index (χ2v) is 9.19. The van der Waals surface area contributed by atoms with E-state index in [1.165, 1.54) is 28.4 Å². The van der Waals surface area contributed by atoms with Gasteiger partial charge in [0.15, 0.2) is 0 Å². The maximum atomic E-state index is 13.0. The minimum absolute atomic E-state index is 0.253. The van der Waals surface area contributed by atoms with Crippen LogP contribution in [0.25, 0.3) is 11.1 Å². The molecule has 10 heteroatoms. The summed E-state index contributed by atoms with van der Waals surface area (Å²) < 4.78 is 21.3. The van der Waals surface area contributed by atoms with E-state index in [-0.39, 0.29) is 11.1 Å². The summed E-state index contributed by atoms with van der Waals surface area (Å²) in [6.07, 6.45) is 0. The van der Waals surface area contributed by atoms with Gasteiger partial charge in [-0.1, -0.05) is 47.5 Å². The molecule has 0 spiro atoms. The number of anilines is 2. The van der Waals surface area contributed by atoms with E-state index in [1.807, 2.05) is 0 Å². The van der Waals surface area contributed by atoms with Crippen LogP contribution in [-0.4, -0.2) is 40.3 Å². The van der Waals surface area contributed by atoms with Crippen LogP contribution in [0.5, 0.6) is 23.0 Å². The van der Waals surface area contributed by atoms with E-state index in [0.717, 1.165) is 11.1 Å². The number of hydrogen-bond acceptors (Lipinski definition) is 6. The van der Waals surface area contributed by atoms with Crippen LogP contribution in [0.2, 0.25) is 10.0 Å². The molecule has 4 aromatic rings. The summed E-state index contributed by atoms with van der Waals surface area (Å²) in [4.78, 5) is 26.1. The number of halogens is 2. The summed E-state index contributed by atoms with van der Waals surface area (Å²) in [5.74, 6) is 0.620. The van der Waals surface area contributed by atoms with Crippen molar-refractivity contribution in [2.45, 2.75) is 0 Å². The predicted molar refractivity (Wildman–Crippen MR) is 157 cm³/mol. The highest BCUT2D eigenvalue weighted by Crippen LogP contribution is 2.35. The average molecular weight is 581 g/mol. The van der Waals surface area contributed by atoms with Gasteiger partial charge < -0.3 is 29.6 Å². The molecule has 40 heavy (non-hydrogen) atoms. The van der Waals surface area contributed by atoms with Crippen LogP contribution >= 0.6 is 23.2 Å². The topological polar surface area (TPSA) is 95.1 Å². The molecule has 0 aliphatic rings. The van der Waals surface area contributed by atoms with E-state index in [4.69, 9.17) is 42.1 Å². The maximum Gasteiger partial charge on any atom is 0.263 e. The first-order valence-electron chi connectivity index (χ1n) is 11.9. The third kappa shape index (κ3) is 5.93. The van der Waals surface area contributed by atoms with Crippen molar-refractivity contribution in [3.05, 3.63) is 94.0 Å². The van der Waals surface area contributed by atoms with E-state index in [0.29, 0.717) is 44.4 Å². The number of methoxy groups -OCH3 is 4. The second-order valence-electron chi connectivity index (χ2n) is 8.37. The lowest BCUT2D eigenvalue weighted by molar-refractivity contribution is 0.101. The zero-order chi connectivity index (χ0) is 28.8. The highest BCUT2D eigenvalue weighted by Gasteiger charge is 2.21. The van der Waals surface area contributed by atoms with Crippen LogP contribution in [-0.2, 0) is 0 Å². The van der Waals surface area contributed by atoms with Gasteiger partial charge in [0.2, 0.25) is 0 Å². The van der Waals surface area contributed by atoms with Crippen molar-refractivity contribution >= 4 is 46.4 Å². The Balaban J connectivity index is 1.54. The summed E-state index contributed by atoms with van der Waals surface area (Å²) in [6.45, 7) is 0. The molecule has 4 rings (SSSR count). The summed E-state index contributed by atoms with van der Waals surface area (Å²) in [5, 5.41) is 6.24. The number of benzene rings is 4. The van der Waals surface area contributed by atoms with Crippen molar-refractivity contribution in [3.8, 4) is 34.1 Å². The molecule has 2 amide bonds. The molecule has 0 aromatic heterocycles. The first-order valence-corrected chi connectivity index (χ1v) is 12.7. The Morgan fingerprint density at radius 2 is 0.875 bits per heavy atom. The summed E-state index contributed by atoms with van der Waals surface area (Å²) in [6, 6.07) is 20.5. The third-order valence-corrected chi connectivity index (χ3v) is 6.70. The molecular formula is C30H26Cl2N2O6. The van der Waals surface area contributed by atoms with Crippen molar-refractivity contribution in [1.82, 2.24) is 0 Å². The molecule has 0 aliphatic heterocycles. The standard InChI is InChI=1S/C30H26Cl2N2O6/c1-37-23-7-5-8-24(38-2)27(23)29(35)33-21-13-11-17(15-19(21)31)18-12-14-22(20(32)16-18)34-30(36)28-25(39-3)9-6-10-26(28)40-4/h5-16H,1-4H3,(H,33,35)(H,34,36). The molecule has 0 fully saturated rings. The smallest absolute Gasteiger partial charge is 0.263 e. The first-order chi connectivity index (χ1) is 19.3. The molecule has 0 radical (unpaired) electrons. The zero-order valence-corrected chi connectivity index (χ0v) is 23.6. The van der Waals surface area contributed by atoms with Crippen molar-refractivity contribution in [2.75, 3.05) is 39.1 Å². The first kappa shape index (κ1) is 28.6. The van der Waals surface area contributed by atoms with Crippen LogP contribution in [0.15, 0.2) is 72.8 Å². The van der Waals surface area contributed by atoms with Crippen molar-refractivity contribution in [3.63, 3.8) is 0 Å². The Bertz CT molecular complexity index is 1410. The number of amides is 2. The fraction of sp³-hybridized carbons (Fsp3) is 0.133. The lowest BCUT2D eigenvalue weighted by Gasteiger charge is -2.15. The fourth-order valence-electron chi connectivity index (χ4n) is 4.11. The molecule has 0 unspecified atom stereocenters. The van der Waals surface area contributed by atoms with Crippen molar-refractivity contribution < 1.29 is 28.5 Å². The number of nitrogens with one attached hydrogen (secondary N) is 2. The van der Waals surface area contributed by atoms with E-state index >= 15 is 0 Å². The van der Waals surface area contributed by atoms with Crippen LogP contribution < -0.4 is 29.6 Å². The molecular weight excluding hydrogens is 555 g/mol. The molecule has 206 valence electrons. The minimum Gasteiger partial charge on any atom is -0.496 e. The quantitative estimate of drug-likeness (QED) is 0.217. The molecule has 0 aliphatic carbocycles. The Labute approximate surface area is 241 Å². The van der Waals surface area contributed by atoms with Crippen LogP contribution in [0.4, 0.5) is 11.4 Å². The molecule has 0 bridgehead atoms. The van der Waals surface area contributed by atoms with Crippen molar-refractivity contribution in [1.29, 1.82) is 0 Å². The minimum atomic E-state index is -0.432. The van der Waals surface area contributed by atoms with Crippen LogP contribution in [0, 0.1) is 0 Å². The average Bonchev–Trinajstić information content (AvgIpc) is 2.97. The largest absolute Gasteiger partial charge is 0.496 e. The van der Waals surface area contributed by atoms with Gasteiger partial charge in [0, 0.05) is 0 Å². The molecule has 2 N–H and O–H groups in total. The van der Waals surface area contributed by atoms with Gasteiger partial charge in [-0.05, 0) is 59.7 Å². The van der Waals surface area contributed by atoms with Gasteiger partial charge in [0.25, 0.3) is 11.8 Å². The van der Waals surface area contributed by atoms with Crippen LogP contribution in [0.1, 0.15) is 20.7 Å². The van der Waals surface area contributed by atoms with E-state index in [1.54, 1.807) is 72.8 Å². The number of carbonyl (C=O) groups excluding carboxylic acids is 2. The normalized spacial score (nSPS) is 10.4. The Morgan fingerprint density at radius 1 is 0.550 bits per heavy atom. The van der Waals surface area contributed by atoms with Gasteiger partial charge in [0.05, 0.1) is 49.9 Å². The molecule has 0 saturated carbocycles. The number of hydrogen-bond donors (Lipinski definition) is 2. The van der Waals surface area contributed by atoms with Gasteiger partial charge in [-0.2, -0.15) is 0 Å². The van der Waals surface area contributed by atoms with E-state index in [9.17, 15) is 9.59 Å². The lowest BCUT2D eigenvalue weighted by atomic mass is 10.0. The van der Waals surface area contributed by atoms with Gasteiger partial charge in [-0.3, -0.25) is 9.59 Å². The molecule has 8 nitrogen and oxygen atoms in total. The SMILES string of the molecule is COc1cccc(OC)c1C(=O)Nc1ccc(-c2ccc(NC(=O)c3c(OC)cccc3OC)c(Cl)c2)cc1Cl. The Morgan fingerprint density at radius 3 is 1.15 bits per heavy atom. The maximum absolute atomic E-state index is 13.0. The van der Waals surface area contributed by atoms with Crippen molar-refractivity contribution in [2.24, 2.45) is 0 Å². The second kappa shape index (κ2) is 12.6. The molecule has 0 heterocycles. The van der Waals surface area contributed by atoms with E-state index < -0.39 is 11.8 Å². The third-order valence-electron chi connectivity index (χ3n) is 6.08. The Hall–Kier alpha value is -4.40. The van der Waals surface area contributed by atoms with Gasteiger partial charge in [0.1, 0.15) is 34.1 Å². The van der Waals surface area contributed by atoms with Gasteiger partial charge >= 0.3 is 0 Å². The van der Waals surface area contributed by atoms with Gasteiger partial charge in [-0.15, -0.1) is 0 Å². The summed E-state index contributed by atoms with van der Waals surface area (Å²) in [7, 11) is 5.91. The molecule has 0 atom stereocenters. The highest BCUT2D eigenvalue weighted by molar-refractivity contribution is 6.35. The summed E-state index contributed by atoms with van der Waals surface area (Å²) >= 11 is 13.1. The predicted octanol–water partition coefficient (Wildman–Crippen LogP) is 7.20. The van der Waals surface area contributed by atoms with E-state index in [2.05, 4.69) is 10.6 Å². The summed E-state index contributed by atoms with van der Waals surface area (Å²) in [5.41, 5.74) is 2.83. The van der Waals surface area contributed by atoms with Gasteiger partial charge in [-0.25, -0.2) is 0 Å². The molecule has 0 saturated heterocycles. The lowest BCUT2D eigenvalue weighted by Crippen LogP contribution is -2.15. The Kier molecular flexibility index (Phi) is 9.04. The number of carbonyl (C=O) groups is 2. The molecule has 4 aromatic carbocycles.